The number of hydrogen-bond donors (Lipinski definition) is 1. The lowest BCUT2D eigenvalue weighted by Gasteiger charge is -2.28. The number of thiophene rings is 1. The van der Waals surface area contributed by atoms with Crippen molar-refractivity contribution in [3.05, 3.63) is 105 Å². The molecule has 47 heavy (non-hydrogen) atoms. The second-order valence-corrected chi connectivity index (χ2v) is 13.1. The Balaban J connectivity index is 1.49. The van der Waals surface area contributed by atoms with E-state index in [-0.39, 0.29) is 24.6 Å². The number of oxazole rings is 1. The van der Waals surface area contributed by atoms with Gasteiger partial charge in [0.05, 0.1) is 29.2 Å². The summed E-state index contributed by atoms with van der Waals surface area (Å²) in [5, 5.41) is 10.4. The zero-order chi connectivity index (χ0) is 33.1. The molecule has 1 N–H and O–H groups in total. The number of nitrogens with zero attached hydrogens (tertiary/aromatic N) is 3. The molecular weight excluding hydrogens is 622 g/mol. The molecule has 1 unspecified atom stereocenters. The van der Waals surface area contributed by atoms with Gasteiger partial charge in [-0.25, -0.2) is 19.1 Å². The van der Waals surface area contributed by atoms with Crippen LogP contribution in [0.1, 0.15) is 49.3 Å². The first-order valence-electron chi connectivity index (χ1n) is 15.5. The third-order valence-corrected chi connectivity index (χ3v) is 9.92. The lowest BCUT2D eigenvalue weighted by atomic mass is 9.98. The van der Waals surface area contributed by atoms with E-state index in [1.54, 1.807) is 6.92 Å². The Morgan fingerprint density at radius 1 is 1.11 bits per heavy atom. The fourth-order valence-corrected chi connectivity index (χ4v) is 7.12. The molecule has 3 aromatic heterocycles. The molecule has 1 aliphatic rings. The molecule has 5 aromatic rings. The van der Waals surface area contributed by atoms with Crippen molar-refractivity contribution in [2.45, 2.75) is 64.3 Å². The number of rotatable bonds is 12. The van der Waals surface area contributed by atoms with E-state index < -0.39 is 28.7 Å². The molecular formula is C35H37N3O8S. The lowest BCUT2D eigenvalue weighted by Crippen LogP contribution is -2.52. The zero-order valence-electron chi connectivity index (χ0n) is 26.5. The molecule has 0 spiro atoms. The maximum atomic E-state index is 14.4. The summed E-state index contributed by atoms with van der Waals surface area (Å²) < 4.78 is 26.2. The largest absolute Gasteiger partial charge is 0.489 e. The van der Waals surface area contributed by atoms with Gasteiger partial charge in [0.1, 0.15) is 29.0 Å². The van der Waals surface area contributed by atoms with Crippen LogP contribution >= 0.6 is 11.3 Å². The first-order valence-corrected chi connectivity index (χ1v) is 16.4. The Hall–Kier alpha value is -4.52. The van der Waals surface area contributed by atoms with Gasteiger partial charge in [-0.2, -0.15) is 0 Å². The maximum Gasteiger partial charge on any atom is 0.333 e. The number of hydrogen-bond acceptors (Lipinski definition) is 9. The van der Waals surface area contributed by atoms with E-state index in [1.165, 1.54) is 42.2 Å². The number of carbonyl (C=O) groups is 1. The monoisotopic (exact) mass is 659 g/mol. The summed E-state index contributed by atoms with van der Waals surface area (Å²) in [4.78, 5) is 46.1. The zero-order valence-corrected chi connectivity index (χ0v) is 27.3. The number of para-hydroxylation sites is 1. The van der Waals surface area contributed by atoms with Crippen LogP contribution in [0.3, 0.4) is 0 Å². The minimum absolute atomic E-state index is 0.0131. The van der Waals surface area contributed by atoms with Crippen LogP contribution in [0.5, 0.6) is 5.75 Å². The van der Waals surface area contributed by atoms with Crippen molar-refractivity contribution in [3.63, 3.8) is 0 Å². The summed E-state index contributed by atoms with van der Waals surface area (Å²) in [6, 6.07) is 17.5. The molecule has 1 atom stereocenters. The van der Waals surface area contributed by atoms with Gasteiger partial charge in [-0.1, -0.05) is 48.5 Å². The smallest absolute Gasteiger partial charge is 0.333 e. The number of benzene rings is 2. The van der Waals surface area contributed by atoms with Crippen LogP contribution in [0.25, 0.3) is 21.0 Å². The fourth-order valence-electron chi connectivity index (χ4n) is 5.88. The molecule has 0 saturated carbocycles. The molecule has 0 aliphatic carbocycles. The summed E-state index contributed by atoms with van der Waals surface area (Å²) in [6.45, 7) is 6.36. The summed E-state index contributed by atoms with van der Waals surface area (Å²) in [6.07, 6.45) is 4.44. The van der Waals surface area contributed by atoms with Gasteiger partial charge in [0, 0.05) is 31.2 Å². The highest BCUT2D eigenvalue weighted by molar-refractivity contribution is 7.22. The number of fused-ring (bicyclic) bond motifs is 1. The number of aromatic nitrogens is 3. The van der Waals surface area contributed by atoms with Crippen molar-refractivity contribution < 1.29 is 28.5 Å². The van der Waals surface area contributed by atoms with E-state index in [0.29, 0.717) is 46.7 Å². The van der Waals surface area contributed by atoms with Crippen molar-refractivity contribution in [2.24, 2.45) is 0 Å². The standard InChI is InChI=1S/C35H37N3O8S/c1-22-28-31(39)38(35(2,3)33(40)41)34(42)37(32(28)47-29(22)30-36-15-18-44-30)19-24(21-45-25-13-16-43-17-14-25)26-11-7-8-12-27(26)46-20-23-9-5-4-6-10-23/h4-12,15,18,24-25H,13-14,16-17,19-21H2,1-3H3,(H,40,41). The average Bonchev–Trinajstić information content (AvgIpc) is 3.73. The first-order chi connectivity index (χ1) is 22.7. The van der Waals surface area contributed by atoms with Gasteiger partial charge < -0.3 is 23.7 Å². The number of carboxylic acid groups (broad SMARTS) is 1. The molecule has 1 aliphatic heterocycles. The molecule has 12 heteroatoms. The number of ether oxygens (including phenoxy) is 3. The second kappa shape index (κ2) is 13.7. The van der Waals surface area contributed by atoms with E-state index >= 15 is 0 Å². The van der Waals surface area contributed by atoms with Gasteiger partial charge >= 0.3 is 11.7 Å². The minimum atomic E-state index is -1.83. The molecule has 2 aromatic carbocycles. The second-order valence-electron chi connectivity index (χ2n) is 12.1. The van der Waals surface area contributed by atoms with Crippen molar-refractivity contribution in [2.75, 3.05) is 19.8 Å². The third-order valence-electron chi connectivity index (χ3n) is 8.62. The van der Waals surface area contributed by atoms with Crippen LogP contribution in [0, 0.1) is 6.92 Å². The Labute approximate surface area is 275 Å². The summed E-state index contributed by atoms with van der Waals surface area (Å²) >= 11 is 1.22. The molecule has 0 radical (unpaired) electrons. The lowest BCUT2D eigenvalue weighted by molar-refractivity contribution is -0.146. The van der Waals surface area contributed by atoms with Crippen molar-refractivity contribution in [1.82, 2.24) is 14.1 Å². The van der Waals surface area contributed by atoms with Gasteiger partial charge in [0.2, 0.25) is 5.89 Å². The van der Waals surface area contributed by atoms with Crippen LogP contribution in [0.15, 0.2) is 81.1 Å². The minimum Gasteiger partial charge on any atom is -0.489 e. The molecule has 6 rings (SSSR count). The van der Waals surface area contributed by atoms with Gasteiger partial charge in [-0.05, 0) is 50.8 Å². The highest BCUT2D eigenvalue weighted by Gasteiger charge is 2.36. The number of aliphatic carboxylic acids is 1. The summed E-state index contributed by atoms with van der Waals surface area (Å²) in [5.74, 6) is -0.756. The molecule has 0 amide bonds. The topological polar surface area (TPSA) is 135 Å². The van der Waals surface area contributed by atoms with E-state index in [9.17, 15) is 19.5 Å². The van der Waals surface area contributed by atoms with Gasteiger partial charge in [0.25, 0.3) is 5.56 Å². The molecule has 4 heterocycles. The fraction of sp³-hybridized carbons (Fsp3) is 0.371. The van der Waals surface area contributed by atoms with E-state index in [2.05, 4.69) is 4.98 Å². The quantitative estimate of drug-likeness (QED) is 0.183. The van der Waals surface area contributed by atoms with Crippen molar-refractivity contribution in [3.8, 4) is 16.5 Å². The molecule has 246 valence electrons. The van der Waals surface area contributed by atoms with Gasteiger partial charge in [-0.3, -0.25) is 9.36 Å². The summed E-state index contributed by atoms with van der Waals surface area (Å²) in [7, 11) is 0. The number of carboxylic acids is 1. The number of aryl methyl sites for hydroxylation is 1. The highest BCUT2D eigenvalue weighted by atomic mass is 32.1. The maximum absolute atomic E-state index is 14.4. The highest BCUT2D eigenvalue weighted by Crippen LogP contribution is 2.37. The molecule has 1 fully saturated rings. The summed E-state index contributed by atoms with van der Waals surface area (Å²) in [5.41, 5.74) is -0.844. The van der Waals surface area contributed by atoms with Crippen molar-refractivity contribution in [1.29, 1.82) is 0 Å². The molecule has 0 bridgehead atoms. The Kier molecular flexibility index (Phi) is 9.44. The van der Waals surface area contributed by atoms with Crippen LogP contribution < -0.4 is 16.0 Å². The molecule has 1 saturated heterocycles. The van der Waals surface area contributed by atoms with Gasteiger partial charge in [-0.15, -0.1) is 11.3 Å². The first kappa shape index (κ1) is 32.4. The van der Waals surface area contributed by atoms with Crippen LogP contribution in [-0.4, -0.2) is 51.1 Å². The molecule has 11 nitrogen and oxygen atoms in total. The predicted octanol–water partition coefficient (Wildman–Crippen LogP) is 5.57. The Morgan fingerprint density at radius 2 is 1.83 bits per heavy atom. The van der Waals surface area contributed by atoms with Crippen LogP contribution in [-0.2, 0) is 33.0 Å². The SMILES string of the molecule is Cc1c(-c2ncco2)sc2c1c(=O)n(C(C)(C)C(=O)O)c(=O)n2CC(COC1CCOCC1)c1ccccc1OCc1ccccc1. The third kappa shape index (κ3) is 6.53. The average molecular weight is 660 g/mol. The normalized spacial score (nSPS) is 14.8. The van der Waals surface area contributed by atoms with E-state index in [1.807, 2.05) is 54.6 Å². The van der Waals surface area contributed by atoms with E-state index in [4.69, 9.17) is 18.6 Å². The van der Waals surface area contributed by atoms with Crippen LogP contribution in [0.4, 0.5) is 0 Å². The van der Waals surface area contributed by atoms with Crippen LogP contribution in [0.2, 0.25) is 0 Å². The predicted molar refractivity (Wildman–Crippen MR) is 177 cm³/mol. The Bertz CT molecular complexity index is 1970. The Morgan fingerprint density at radius 3 is 2.53 bits per heavy atom. The van der Waals surface area contributed by atoms with E-state index in [0.717, 1.165) is 28.5 Å². The van der Waals surface area contributed by atoms with Gasteiger partial charge in [0.15, 0.2) is 0 Å². The van der Waals surface area contributed by atoms with Crippen molar-refractivity contribution >= 4 is 27.5 Å².